The Morgan fingerprint density at radius 2 is 1.67 bits per heavy atom. The minimum absolute atomic E-state index is 0.284. The minimum Gasteiger partial charge on any atom is -0.507 e. The maximum Gasteiger partial charge on any atom is 0.122 e. The zero-order valence-corrected chi connectivity index (χ0v) is 14.5. The van der Waals surface area contributed by atoms with Gasteiger partial charge in [-0.3, -0.25) is 0 Å². The van der Waals surface area contributed by atoms with E-state index in [9.17, 15) is 5.11 Å². The van der Waals surface area contributed by atoms with Gasteiger partial charge in [-0.05, 0) is 89.0 Å². The molecule has 0 saturated heterocycles. The first-order valence-corrected chi connectivity index (χ1v) is 7.95. The Morgan fingerprint density at radius 1 is 1.10 bits per heavy atom. The lowest BCUT2D eigenvalue weighted by atomic mass is 9.91. The van der Waals surface area contributed by atoms with Crippen molar-refractivity contribution in [2.24, 2.45) is 5.92 Å². The molecule has 1 atom stereocenters. The summed E-state index contributed by atoms with van der Waals surface area (Å²) in [5.74, 6) is 0.752. The van der Waals surface area contributed by atoms with Crippen LogP contribution in [-0.2, 0) is 6.42 Å². The van der Waals surface area contributed by atoms with Crippen molar-refractivity contribution in [1.82, 2.24) is 0 Å². The first-order valence-electron chi connectivity index (χ1n) is 7.95. The van der Waals surface area contributed by atoms with Gasteiger partial charge in [0.25, 0.3) is 0 Å². The van der Waals surface area contributed by atoms with Crippen LogP contribution < -0.4 is 0 Å². The maximum absolute atomic E-state index is 10.4. The monoisotopic (exact) mass is 286 g/mol. The molecule has 0 aliphatic rings. The quantitative estimate of drug-likeness (QED) is 0.672. The first-order chi connectivity index (χ1) is 9.75. The van der Waals surface area contributed by atoms with Crippen LogP contribution in [0.2, 0.25) is 0 Å². The van der Waals surface area contributed by atoms with Crippen LogP contribution in [0.1, 0.15) is 60.9 Å². The molecule has 0 amide bonds. The SMILES string of the molecule is [CH]C(C)CCC/C(C)=C/Cc1c(C)c(C)c(C)c(C)c1O. The predicted octanol–water partition coefficient (Wildman–Crippen LogP) is 5.63. The molecule has 21 heavy (non-hydrogen) atoms. The van der Waals surface area contributed by atoms with Crippen molar-refractivity contribution < 1.29 is 5.11 Å². The standard InChI is InChI=1S/C20H30O/c1-13(2)9-8-10-14(3)11-12-19-17(6)15(4)16(5)18(7)20(19)21/h1,11,13,21H,8-10,12H2,2-7H3/b14-11+. The molecule has 1 heteroatoms. The van der Waals surface area contributed by atoms with Gasteiger partial charge in [-0.25, -0.2) is 0 Å². The van der Waals surface area contributed by atoms with Gasteiger partial charge in [0.1, 0.15) is 5.75 Å². The van der Waals surface area contributed by atoms with Gasteiger partial charge in [-0.15, -0.1) is 0 Å². The summed E-state index contributed by atoms with van der Waals surface area (Å²) in [5, 5.41) is 10.4. The molecule has 1 N–H and O–H groups in total. The number of allylic oxidation sites excluding steroid dienone is 2. The van der Waals surface area contributed by atoms with Gasteiger partial charge in [-0.1, -0.05) is 25.0 Å². The van der Waals surface area contributed by atoms with E-state index < -0.39 is 0 Å². The lowest BCUT2D eigenvalue weighted by molar-refractivity contribution is 0.464. The molecular formula is C20H30O. The number of hydrogen-bond donors (Lipinski definition) is 1. The molecule has 2 radical (unpaired) electrons. The molecule has 0 aliphatic heterocycles. The van der Waals surface area contributed by atoms with Crippen LogP contribution in [0.3, 0.4) is 0 Å². The molecule has 0 aliphatic carbocycles. The van der Waals surface area contributed by atoms with E-state index in [4.69, 9.17) is 6.92 Å². The Kier molecular flexibility index (Phi) is 6.51. The molecule has 0 spiro atoms. The number of hydrogen-bond acceptors (Lipinski definition) is 1. The highest BCUT2D eigenvalue weighted by Crippen LogP contribution is 2.32. The predicted molar refractivity (Wildman–Crippen MR) is 91.8 cm³/mol. The Morgan fingerprint density at radius 3 is 2.24 bits per heavy atom. The zero-order chi connectivity index (χ0) is 16.2. The van der Waals surface area contributed by atoms with Crippen molar-refractivity contribution in [3.63, 3.8) is 0 Å². The molecule has 0 aromatic heterocycles. The summed E-state index contributed by atoms with van der Waals surface area (Å²) in [5.41, 5.74) is 7.17. The summed E-state index contributed by atoms with van der Waals surface area (Å²) in [4.78, 5) is 0. The molecular weight excluding hydrogens is 256 g/mol. The normalized spacial score (nSPS) is 12.3. The second-order valence-corrected chi connectivity index (χ2v) is 6.45. The molecule has 0 bridgehead atoms. The van der Waals surface area contributed by atoms with Crippen molar-refractivity contribution in [2.75, 3.05) is 0 Å². The fraction of sp³-hybridized carbons (Fsp3) is 0.550. The fourth-order valence-corrected chi connectivity index (χ4v) is 2.70. The van der Waals surface area contributed by atoms with E-state index in [1.807, 2.05) is 6.92 Å². The smallest absolute Gasteiger partial charge is 0.122 e. The Bertz CT molecular complexity index is 492. The summed E-state index contributed by atoms with van der Waals surface area (Å²) in [7, 11) is 0. The molecule has 0 saturated carbocycles. The van der Waals surface area contributed by atoms with Crippen LogP contribution in [-0.4, -0.2) is 5.11 Å². The molecule has 0 heterocycles. The lowest BCUT2D eigenvalue weighted by Crippen LogP contribution is -1.99. The molecule has 1 nitrogen and oxygen atoms in total. The number of aromatic hydroxyl groups is 1. The van der Waals surface area contributed by atoms with Gasteiger partial charge in [-0.2, -0.15) is 0 Å². The highest BCUT2D eigenvalue weighted by atomic mass is 16.3. The average Bonchev–Trinajstić information content (AvgIpc) is 2.42. The topological polar surface area (TPSA) is 20.2 Å². The summed E-state index contributed by atoms with van der Waals surface area (Å²) in [6.07, 6.45) is 6.35. The van der Waals surface area contributed by atoms with Crippen LogP contribution in [0, 0.1) is 40.5 Å². The van der Waals surface area contributed by atoms with Gasteiger partial charge in [0, 0.05) is 5.56 Å². The van der Waals surface area contributed by atoms with Crippen molar-refractivity contribution in [1.29, 1.82) is 0 Å². The highest BCUT2D eigenvalue weighted by molar-refractivity contribution is 5.54. The average molecular weight is 286 g/mol. The first kappa shape index (κ1) is 17.8. The molecule has 1 aromatic carbocycles. The van der Waals surface area contributed by atoms with Gasteiger partial charge in [0.15, 0.2) is 0 Å². The van der Waals surface area contributed by atoms with E-state index in [1.165, 1.54) is 22.3 Å². The van der Waals surface area contributed by atoms with Crippen LogP contribution >= 0.6 is 0 Å². The van der Waals surface area contributed by atoms with E-state index in [-0.39, 0.29) is 5.92 Å². The van der Waals surface area contributed by atoms with Crippen molar-refractivity contribution in [3.8, 4) is 5.75 Å². The number of benzene rings is 1. The number of rotatable bonds is 6. The van der Waals surface area contributed by atoms with Gasteiger partial charge < -0.3 is 5.11 Å². The summed E-state index contributed by atoms with van der Waals surface area (Å²) < 4.78 is 0. The van der Waals surface area contributed by atoms with Gasteiger partial charge in [0.2, 0.25) is 0 Å². The number of phenols is 1. The Balaban J connectivity index is 2.84. The third-order valence-corrected chi connectivity index (χ3v) is 4.67. The van der Waals surface area contributed by atoms with Crippen LogP contribution in [0.15, 0.2) is 11.6 Å². The maximum atomic E-state index is 10.4. The molecule has 1 rings (SSSR count). The zero-order valence-electron chi connectivity index (χ0n) is 14.5. The van der Waals surface area contributed by atoms with E-state index in [2.05, 4.69) is 40.7 Å². The van der Waals surface area contributed by atoms with E-state index >= 15 is 0 Å². The Hall–Kier alpha value is -1.24. The Labute approximate surface area is 131 Å². The van der Waals surface area contributed by atoms with E-state index in [1.54, 1.807) is 0 Å². The fourth-order valence-electron chi connectivity index (χ4n) is 2.70. The van der Waals surface area contributed by atoms with Crippen molar-refractivity contribution in [3.05, 3.63) is 46.4 Å². The van der Waals surface area contributed by atoms with Crippen LogP contribution in [0.5, 0.6) is 5.75 Å². The summed E-state index contributed by atoms with van der Waals surface area (Å²) >= 11 is 0. The van der Waals surface area contributed by atoms with Crippen molar-refractivity contribution >= 4 is 0 Å². The molecule has 0 fully saturated rings. The molecule has 1 unspecified atom stereocenters. The molecule has 1 aromatic rings. The largest absolute Gasteiger partial charge is 0.507 e. The summed E-state index contributed by atoms with van der Waals surface area (Å²) in [6.45, 7) is 18.3. The third kappa shape index (κ3) is 4.62. The van der Waals surface area contributed by atoms with E-state index in [0.717, 1.165) is 36.8 Å². The summed E-state index contributed by atoms with van der Waals surface area (Å²) in [6, 6.07) is 0. The van der Waals surface area contributed by atoms with Crippen molar-refractivity contribution in [2.45, 2.75) is 67.2 Å². The van der Waals surface area contributed by atoms with E-state index in [0.29, 0.717) is 5.75 Å². The van der Waals surface area contributed by atoms with Crippen LogP contribution in [0.25, 0.3) is 0 Å². The second kappa shape index (κ2) is 7.68. The van der Waals surface area contributed by atoms with Crippen LogP contribution in [0.4, 0.5) is 0 Å². The minimum atomic E-state index is 0.284. The number of phenolic OH excluding ortho intramolecular Hbond substituents is 1. The van der Waals surface area contributed by atoms with Gasteiger partial charge in [0.05, 0.1) is 0 Å². The third-order valence-electron chi connectivity index (χ3n) is 4.67. The highest BCUT2D eigenvalue weighted by Gasteiger charge is 2.13. The molecule has 116 valence electrons. The lowest BCUT2D eigenvalue weighted by Gasteiger charge is -2.16. The van der Waals surface area contributed by atoms with Gasteiger partial charge >= 0.3 is 0 Å². The second-order valence-electron chi connectivity index (χ2n) is 6.45.